The molecule has 3 aromatic rings. The predicted molar refractivity (Wildman–Crippen MR) is 110 cm³/mol. The fourth-order valence-corrected chi connectivity index (χ4v) is 2.52. The van der Waals surface area contributed by atoms with Gasteiger partial charge in [0.25, 0.3) is 11.4 Å². The molecule has 9 heteroatoms. The molecule has 1 aromatic heterocycles. The van der Waals surface area contributed by atoms with Gasteiger partial charge in [0.05, 0.1) is 21.2 Å². The second kappa shape index (κ2) is 8.53. The second-order valence-electron chi connectivity index (χ2n) is 5.95. The molecule has 2 aromatic carbocycles. The van der Waals surface area contributed by atoms with Crippen molar-refractivity contribution in [3.8, 4) is 0 Å². The van der Waals surface area contributed by atoms with Gasteiger partial charge in [0.2, 0.25) is 5.95 Å². The quantitative estimate of drug-likeness (QED) is 0.492. The summed E-state index contributed by atoms with van der Waals surface area (Å²) in [6.45, 7) is 0. The first-order valence-corrected chi connectivity index (χ1v) is 8.40. The first-order chi connectivity index (χ1) is 13.9. The molecule has 0 atom stereocenters. The van der Waals surface area contributed by atoms with Gasteiger partial charge in [-0.25, -0.2) is 9.97 Å². The average Bonchev–Trinajstić information content (AvgIpc) is 2.71. The molecule has 1 heterocycles. The molecule has 0 aliphatic carbocycles. The number of hydrogen-bond acceptors (Lipinski definition) is 7. The highest BCUT2D eigenvalue weighted by Gasteiger charge is 2.05. The minimum absolute atomic E-state index is 0.00470. The highest BCUT2D eigenvalue weighted by atomic mass is 16.6. The van der Waals surface area contributed by atoms with E-state index in [9.17, 15) is 20.2 Å². The van der Waals surface area contributed by atoms with Crippen LogP contribution in [-0.4, -0.2) is 19.8 Å². The lowest BCUT2D eigenvalue weighted by Gasteiger charge is -2.00. The number of benzene rings is 2. The molecule has 0 aliphatic rings. The van der Waals surface area contributed by atoms with E-state index >= 15 is 0 Å². The molecule has 0 fully saturated rings. The van der Waals surface area contributed by atoms with Gasteiger partial charge in [0.15, 0.2) is 0 Å². The highest BCUT2D eigenvalue weighted by molar-refractivity contribution is 5.73. The molecule has 0 radical (unpaired) electrons. The van der Waals surface area contributed by atoms with E-state index < -0.39 is 9.85 Å². The van der Waals surface area contributed by atoms with E-state index in [0.717, 1.165) is 0 Å². The number of hydrogen-bond donors (Lipinski definition) is 1. The average molecular weight is 389 g/mol. The fraction of sp³-hybridized carbons (Fsp3) is 0. The number of anilines is 1. The summed E-state index contributed by atoms with van der Waals surface area (Å²) >= 11 is 0. The summed E-state index contributed by atoms with van der Waals surface area (Å²) in [5.41, 5.74) is 8.07. The fourth-order valence-electron chi connectivity index (χ4n) is 2.52. The molecule has 0 spiro atoms. The topological polar surface area (TPSA) is 138 Å². The molecule has 3 rings (SSSR count). The van der Waals surface area contributed by atoms with E-state index in [-0.39, 0.29) is 17.3 Å². The number of non-ortho nitro benzene ring substituents is 2. The number of nitro benzene ring substituents is 2. The zero-order valence-corrected chi connectivity index (χ0v) is 15.0. The first kappa shape index (κ1) is 19.4. The normalized spacial score (nSPS) is 11.2. The predicted octanol–water partition coefficient (Wildman–Crippen LogP) is 4.22. The van der Waals surface area contributed by atoms with Crippen LogP contribution in [0.3, 0.4) is 0 Å². The van der Waals surface area contributed by atoms with E-state index in [4.69, 9.17) is 5.73 Å². The van der Waals surface area contributed by atoms with Gasteiger partial charge >= 0.3 is 0 Å². The van der Waals surface area contributed by atoms with Crippen molar-refractivity contribution >= 4 is 41.6 Å². The molecule has 29 heavy (non-hydrogen) atoms. The monoisotopic (exact) mass is 389 g/mol. The summed E-state index contributed by atoms with van der Waals surface area (Å²) in [5, 5.41) is 21.7. The molecule has 144 valence electrons. The first-order valence-electron chi connectivity index (χ1n) is 8.40. The Bertz CT molecular complexity index is 1060. The van der Waals surface area contributed by atoms with Gasteiger partial charge in [-0.1, -0.05) is 36.4 Å². The van der Waals surface area contributed by atoms with Crippen LogP contribution in [0.5, 0.6) is 0 Å². The summed E-state index contributed by atoms with van der Waals surface area (Å²) in [5.74, 6) is 0.0601. The molecular formula is C20H15N5O4. The molecule has 0 saturated carbocycles. The van der Waals surface area contributed by atoms with Gasteiger partial charge in [-0.05, 0) is 29.3 Å². The summed E-state index contributed by atoms with van der Waals surface area (Å²) < 4.78 is 0. The van der Waals surface area contributed by atoms with Crippen LogP contribution in [0.25, 0.3) is 24.3 Å². The van der Waals surface area contributed by atoms with Gasteiger partial charge in [-0.2, -0.15) is 0 Å². The third kappa shape index (κ3) is 5.30. The number of nitro groups is 2. The third-order valence-electron chi connectivity index (χ3n) is 3.84. The van der Waals surface area contributed by atoms with Crippen molar-refractivity contribution in [3.05, 3.63) is 97.3 Å². The number of nitrogens with two attached hydrogens (primary N) is 1. The summed E-state index contributed by atoms with van der Waals surface area (Å²) in [6.07, 6.45) is 6.70. The van der Waals surface area contributed by atoms with Gasteiger partial charge in [-0.3, -0.25) is 20.2 Å². The standard InChI is InChI=1S/C20H15N5O4/c21-20-22-16(9-7-14-3-1-5-18(11-14)24(26)27)13-17(23-20)10-8-15-4-2-6-19(12-15)25(28)29/h1-13H,(H2,21,22,23). The maximum atomic E-state index is 10.9. The highest BCUT2D eigenvalue weighted by Crippen LogP contribution is 2.17. The Morgan fingerprint density at radius 1 is 0.724 bits per heavy atom. The van der Waals surface area contributed by atoms with Gasteiger partial charge in [0.1, 0.15) is 0 Å². The number of aromatic nitrogens is 2. The van der Waals surface area contributed by atoms with Crippen LogP contribution in [0.15, 0.2) is 54.6 Å². The number of nitrogen functional groups attached to an aromatic ring is 1. The van der Waals surface area contributed by atoms with Gasteiger partial charge in [0, 0.05) is 24.3 Å². The minimum Gasteiger partial charge on any atom is -0.368 e. The number of rotatable bonds is 6. The molecular weight excluding hydrogens is 374 g/mol. The van der Waals surface area contributed by atoms with Crippen molar-refractivity contribution < 1.29 is 9.85 Å². The third-order valence-corrected chi connectivity index (χ3v) is 3.84. The van der Waals surface area contributed by atoms with Crippen molar-refractivity contribution in [2.45, 2.75) is 0 Å². The molecule has 2 N–H and O–H groups in total. The van der Waals surface area contributed by atoms with Crippen LogP contribution in [0, 0.1) is 20.2 Å². The van der Waals surface area contributed by atoms with E-state index in [0.29, 0.717) is 22.5 Å². The Morgan fingerprint density at radius 2 is 1.17 bits per heavy atom. The largest absolute Gasteiger partial charge is 0.368 e. The van der Waals surface area contributed by atoms with Gasteiger partial charge in [-0.15, -0.1) is 0 Å². The summed E-state index contributed by atoms with van der Waals surface area (Å²) in [7, 11) is 0. The van der Waals surface area contributed by atoms with E-state index in [1.54, 1.807) is 54.6 Å². The van der Waals surface area contributed by atoms with Crippen LogP contribution < -0.4 is 5.73 Å². The van der Waals surface area contributed by atoms with Crippen molar-refractivity contribution in [1.29, 1.82) is 0 Å². The molecule has 0 aliphatic heterocycles. The van der Waals surface area contributed by atoms with Crippen molar-refractivity contribution in [2.75, 3.05) is 5.73 Å². The smallest absolute Gasteiger partial charge is 0.270 e. The summed E-state index contributed by atoms with van der Waals surface area (Å²) in [4.78, 5) is 29.0. The van der Waals surface area contributed by atoms with Crippen LogP contribution in [0.4, 0.5) is 17.3 Å². The Balaban J connectivity index is 1.83. The Hall–Kier alpha value is -4.40. The van der Waals surface area contributed by atoms with E-state index in [1.165, 1.54) is 24.3 Å². The van der Waals surface area contributed by atoms with Gasteiger partial charge < -0.3 is 5.73 Å². The van der Waals surface area contributed by atoms with Crippen molar-refractivity contribution in [1.82, 2.24) is 9.97 Å². The zero-order chi connectivity index (χ0) is 20.8. The lowest BCUT2D eigenvalue weighted by Crippen LogP contribution is -1.98. The van der Waals surface area contributed by atoms with Crippen LogP contribution >= 0.6 is 0 Å². The van der Waals surface area contributed by atoms with E-state index in [1.807, 2.05) is 0 Å². The minimum atomic E-state index is -0.461. The Morgan fingerprint density at radius 3 is 1.59 bits per heavy atom. The molecule has 0 saturated heterocycles. The lowest BCUT2D eigenvalue weighted by molar-refractivity contribution is -0.385. The second-order valence-corrected chi connectivity index (χ2v) is 5.95. The molecule has 0 unspecified atom stereocenters. The Labute approximate surface area is 165 Å². The molecule has 0 amide bonds. The van der Waals surface area contributed by atoms with Crippen molar-refractivity contribution in [3.63, 3.8) is 0 Å². The molecule has 0 bridgehead atoms. The van der Waals surface area contributed by atoms with Crippen molar-refractivity contribution in [2.24, 2.45) is 0 Å². The van der Waals surface area contributed by atoms with E-state index in [2.05, 4.69) is 9.97 Å². The van der Waals surface area contributed by atoms with Crippen LogP contribution in [-0.2, 0) is 0 Å². The lowest BCUT2D eigenvalue weighted by atomic mass is 10.1. The van der Waals surface area contributed by atoms with Crippen LogP contribution in [0.1, 0.15) is 22.5 Å². The van der Waals surface area contributed by atoms with Crippen LogP contribution in [0.2, 0.25) is 0 Å². The maximum Gasteiger partial charge on any atom is 0.270 e. The maximum absolute atomic E-state index is 10.9. The SMILES string of the molecule is Nc1nc(C=Cc2cccc([N+](=O)[O-])c2)cc(C=Cc2cccc([N+](=O)[O-])c2)n1. The number of nitrogens with zero attached hydrogens (tertiary/aromatic N) is 4. The molecule has 9 nitrogen and oxygen atoms in total. The Kier molecular flexibility index (Phi) is 5.69. The zero-order valence-electron chi connectivity index (χ0n) is 15.0. The summed E-state index contributed by atoms with van der Waals surface area (Å²) in [6, 6.07) is 14.1.